The molecule has 3 heterocycles. The number of halogens is 1. The highest BCUT2D eigenvalue weighted by Gasteiger charge is 2.28. The number of carbonyl (C=O) groups is 1. The van der Waals surface area contributed by atoms with Crippen molar-refractivity contribution in [3.05, 3.63) is 58.6 Å². The maximum Gasteiger partial charge on any atom is 0.254 e. The predicted molar refractivity (Wildman–Crippen MR) is 81.5 cm³/mol. The summed E-state index contributed by atoms with van der Waals surface area (Å²) in [6.45, 7) is 3.51. The van der Waals surface area contributed by atoms with Crippen molar-refractivity contribution in [2.45, 2.75) is 19.3 Å². The number of aromatic nitrogens is 2. The van der Waals surface area contributed by atoms with E-state index in [2.05, 4.69) is 23.0 Å². The van der Waals surface area contributed by atoms with E-state index in [1.807, 2.05) is 17.2 Å². The third-order valence-corrected chi connectivity index (χ3v) is 4.01. The molecule has 0 radical (unpaired) electrons. The average molecular weight is 302 g/mol. The Morgan fingerprint density at radius 3 is 2.86 bits per heavy atom. The summed E-state index contributed by atoms with van der Waals surface area (Å²) in [6.07, 6.45) is 4.34. The van der Waals surface area contributed by atoms with E-state index in [0.717, 1.165) is 18.7 Å². The van der Waals surface area contributed by atoms with Crippen LogP contribution in [-0.4, -0.2) is 33.9 Å². The van der Waals surface area contributed by atoms with E-state index in [1.165, 1.54) is 5.56 Å². The molecule has 0 bridgehead atoms. The quantitative estimate of drug-likeness (QED) is 0.801. The lowest BCUT2D eigenvalue weighted by atomic mass is 10.0. The van der Waals surface area contributed by atoms with Gasteiger partial charge in [-0.15, -0.1) is 0 Å². The molecule has 1 aliphatic heterocycles. The molecule has 1 aliphatic rings. The first-order valence-electron chi connectivity index (χ1n) is 6.97. The molecule has 1 saturated heterocycles. The van der Waals surface area contributed by atoms with Gasteiger partial charge in [0.15, 0.2) is 0 Å². The molecule has 3 rings (SSSR count). The highest BCUT2D eigenvalue weighted by molar-refractivity contribution is 6.29. The van der Waals surface area contributed by atoms with Crippen LogP contribution in [0.3, 0.4) is 0 Å². The molecule has 0 aromatic carbocycles. The van der Waals surface area contributed by atoms with Crippen molar-refractivity contribution in [3.8, 4) is 0 Å². The summed E-state index contributed by atoms with van der Waals surface area (Å²) in [6, 6.07) is 7.40. The minimum Gasteiger partial charge on any atom is -0.338 e. The van der Waals surface area contributed by atoms with E-state index < -0.39 is 0 Å². The van der Waals surface area contributed by atoms with Crippen molar-refractivity contribution in [2.75, 3.05) is 13.1 Å². The maximum absolute atomic E-state index is 12.5. The smallest absolute Gasteiger partial charge is 0.254 e. The van der Waals surface area contributed by atoms with Gasteiger partial charge in [0.05, 0.1) is 0 Å². The predicted octanol–water partition coefficient (Wildman–Crippen LogP) is 3.07. The molecule has 1 amide bonds. The molecule has 0 N–H and O–H groups in total. The number of rotatable bonds is 2. The van der Waals surface area contributed by atoms with Crippen LogP contribution in [0.2, 0.25) is 5.15 Å². The molecule has 0 spiro atoms. The van der Waals surface area contributed by atoms with Crippen LogP contribution < -0.4 is 0 Å². The van der Waals surface area contributed by atoms with Crippen LogP contribution in [0.15, 0.2) is 36.7 Å². The molecule has 1 unspecified atom stereocenters. The number of nitrogens with zero attached hydrogens (tertiary/aromatic N) is 3. The lowest BCUT2D eigenvalue weighted by Crippen LogP contribution is -2.28. The van der Waals surface area contributed by atoms with Crippen molar-refractivity contribution in [1.82, 2.24) is 14.9 Å². The fraction of sp³-hybridized carbons (Fsp3) is 0.312. The third kappa shape index (κ3) is 3.05. The van der Waals surface area contributed by atoms with Gasteiger partial charge in [-0.3, -0.25) is 9.78 Å². The standard InChI is InChI=1S/C16H16ClN3O/c1-11-2-5-18-14(8-11)13-4-7-20(10-13)16(21)12-3-6-19-15(17)9-12/h2-3,5-6,8-9,13H,4,7,10H2,1H3. The number of hydrogen-bond donors (Lipinski definition) is 0. The van der Waals surface area contributed by atoms with Crippen LogP contribution in [0.5, 0.6) is 0 Å². The van der Waals surface area contributed by atoms with Crippen molar-refractivity contribution in [3.63, 3.8) is 0 Å². The van der Waals surface area contributed by atoms with Gasteiger partial charge in [0, 0.05) is 42.7 Å². The fourth-order valence-electron chi connectivity index (χ4n) is 2.69. The molecular formula is C16H16ClN3O. The number of carbonyl (C=O) groups excluding carboxylic acids is 1. The molecule has 21 heavy (non-hydrogen) atoms. The second-order valence-corrected chi connectivity index (χ2v) is 5.75. The van der Waals surface area contributed by atoms with E-state index in [9.17, 15) is 4.79 Å². The molecule has 1 atom stereocenters. The van der Waals surface area contributed by atoms with Crippen LogP contribution in [0.25, 0.3) is 0 Å². The second-order valence-electron chi connectivity index (χ2n) is 5.36. The highest BCUT2D eigenvalue weighted by atomic mass is 35.5. The third-order valence-electron chi connectivity index (χ3n) is 3.80. The minimum atomic E-state index is 0.00875. The van der Waals surface area contributed by atoms with Crippen LogP contribution >= 0.6 is 11.6 Å². The molecule has 2 aromatic rings. The molecule has 0 aliphatic carbocycles. The van der Waals surface area contributed by atoms with Crippen LogP contribution in [-0.2, 0) is 0 Å². The van der Waals surface area contributed by atoms with Gasteiger partial charge in [-0.2, -0.15) is 0 Å². The molecule has 108 valence electrons. The zero-order valence-electron chi connectivity index (χ0n) is 11.8. The monoisotopic (exact) mass is 301 g/mol. The average Bonchev–Trinajstić information content (AvgIpc) is 2.96. The number of likely N-dealkylation sites (tertiary alicyclic amines) is 1. The highest BCUT2D eigenvalue weighted by Crippen LogP contribution is 2.27. The summed E-state index contributed by atoms with van der Waals surface area (Å²) in [4.78, 5) is 22.7. The minimum absolute atomic E-state index is 0.00875. The molecule has 4 nitrogen and oxygen atoms in total. The van der Waals surface area contributed by atoms with Crippen LogP contribution in [0.4, 0.5) is 0 Å². The first-order valence-corrected chi connectivity index (χ1v) is 7.34. The van der Waals surface area contributed by atoms with Crippen molar-refractivity contribution in [2.24, 2.45) is 0 Å². The van der Waals surface area contributed by atoms with Gasteiger partial charge in [-0.05, 0) is 43.2 Å². The molecular weight excluding hydrogens is 286 g/mol. The van der Waals surface area contributed by atoms with Gasteiger partial charge in [-0.1, -0.05) is 11.6 Å². The molecule has 1 fully saturated rings. The lowest BCUT2D eigenvalue weighted by molar-refractivity contribution is 0.0790. The Balaban J connectivity index is 1.74. The summed E-state index contributed by atoms with van der Waals surface area (Å²) >= 11 is 5.85. The molecule has 0 saturated carbocycles. The first kappa shape index (κ1) is 14.0. The Labute approximate surface area is 128 Å². The number of pyridine rings is 2. The maximum atomic E-state index is 12.5. The number of hydrogen-bond acceptors (Lipinski definition) is 3. The van der Waals surface area contributed by atoms with Crippen molar-refractivity contribution >= 4 is 17.5 Å². The summed E-state index contributed by atoms with van der Waals surface area (Å²) in [5, 5.41) is 0.344. The van der Waals surface area contributed by atoms with Crippen molar-refractivity contribution in [1.29, 1.82) is 0 Å². The van der Waals surface area contributed by atoms with Gasteiger partial charge in [0.1, 0.15) is 5.15 Å². The zero-order valence-corrected chi connectivity index (χ0v) is 12.5. The van der Waals surface area contributed by atoms with Gasteiger partial charge in [0.25, 0.3) is 5.91 Å². The van der Waals surface area contributed by atoms with E-state index >= 15 is 0 Å². The van der Waals surface area contributed by atoms with E-state index in [0.29, 0.717) is 23.2 Å². The van der Waals surface area contributed by atoms with Crippen LogP contribution in [0, 0.1) is 6.92 Å². The fourth-order valence-corrected chi connectivity index (χ4v) is 2.86. The topological polar surface area (TPSA) is 46.1 Å². The zero-order chi connectivity index (χ0) is 14.8. The lowest BCUT2D eigenvalue weighted by Gasteiger charge is -2.16. The van der Waals surface area contributed by atoms with Gasteiger partial charge < -0.3 is 4.90 Å². The summed E-state index contributed by atoms with van der Waals surface area (Å²) < 4.78 is 0. The Morgan fingerprint density at radius 1 is 1.29 bits per heavy atom. The Morgan fingerprint density at radius 2 is 2.10 bits per heavy atom. The number of aryl methyl sites for hydroxylation is 1. The van der Waals surface area contributed by atoms with E-state index in [1.54, 1.807) is 18.3 Å². The Hall–Kier alpha value is -1.94. The van der Waals surface area contributed by atoms with Crippen LogP contribution in [0.1, 0.15) is 34.0 Å². The van der Waals surface area contributed by atoms with E-state index in [4.69, 9.17) is 11.6 Å². The Kier molecular flexibility index (Phi) is 3.88. The summed E-state index contributed by atoms with van der Waals surface area (Å²) in [5.41, 5.74) is 2.86. The first-order chi connectivity index (χ1) is 10.1. The van der Waals surface area contributed by atoms with Gasteiger partial charge in [0.2, 0.25) is 0 Å². The number of amides is 1. The molecule has 5 heteroatoms. The van der Waals surface area contributed by atoms with Gasteiger partial charge in [-0.25, -0.2) is 4.98 Å². The largest absolute Gasteiger partial charge is 0.338 e. The Bertz CT molecular complexity index is 674. The SMILES string of the molecule is Cc1ccnc(C2CCN(C(=O)c3ccnc(Cl)c3)C2)c1. The summed E-state index contributed by atoms with van der Waals surface area (Å²) in [7, 11) is 0. The normalized spacial score (nSPS) is 18.0. The second kappa shape index (κ2) is 5.82. The van der Waals surface area contributed by atoms with Gasteiger partial charge >= 0.3 is 0 Å². The summed E-state index contributed by atoms with van der Waals surface area (Å²) in [5.74, 6) is 0.320. The van der Waals surface area contributed by atoms with Crippen molar-refractivity contribution < 1.29 is 4.79 Å². The van der Waals surface area contributed by atoms with E-state index in [-0.39, 0.29) is 5.91 Å². The molecule has 2 aromatic heterocycles.